The Balaban J connectivity index is 1.39. The van der Waals surface area contributed by atoms with Crippen LogP contribution in [0.25, 0.3) is 0 Å². The lowest BCUT2D eigenvalue weighted by atomic mass is 10.1. The SMILES string of the molecule is CCc1ccc(N2C[C@@H](c3nnc(NC(=O)Cc4cccs4)s3)CC2=O)cc1. The quantitative estimate of drug-likeness (QED) is 0.667. The number of benzene rings is 1. The molecule has 1 fully saturated rings. The average Bonchev–Trinajstić information content (AvgIpc) is 3.43. The van der Waals surface area contributed by atoms with Gasteiger partial charge in [0.1, 0.15) is 5.01 Å². The number of rotatable bonds is 6. The summed E-state index contributed by atoms with van der Waals surface area (Å²) in [6.45, 7) is 2.69. The molecular weight excluding hydrogens is 392 g/mol. The first-order valence-electron chi connectivity index (χ1n) is 9.17. The minimum atomic E-state index is -0.106. The summed E-state index contributed by atoms with van der Waals surface area (Å²) in [6.07, 6.45) is 1.71. The van der Waals surface area contributed by atoms with Gasteiger partial charge in [0.05, 0.1) is 6.42 Å². The van der Waals surface area contributed by atoms with E-state index in [1.54, 1.807) is 16.2 Å². The number of carbonyl (C=O) groups excluding carboxylic acids is 2. The Labute approximate surface area is 171 Å². The first kappa shape index (κ1) is 18.8. The Morgan fingerprint density at radius 1 is 1.25 bits per heavy atom. The van der Waals surface area contributed by atoms with Gasteiger partial charge in [0.2, 0.25) is 16.9 Å². The number of aryl methyl sites for hydroxylation is 1. The highest BCUT2D eigenvalue weighted by Crippen LogP contribution is 2.34. The molecule has 1 atom stereocenters. The van der Waals surface area contributed by atoms with Crippen LogP contribution in [0.3, 0.4) is 0 Å². The lowest BCUT2D eigenvalue weighted by Gasteiger charge is -2.16. The topological polar surface area (TPSA) is 75.2 Å². The van der Waals surface area contributed by atoms with Gasteiger partial charge in [-0.25, -0.2) is 0 Å². The average molecular weight is 413 g/mol. The molecule has 1 N–H and O–H groups in total. The van der Waals surface area contributed by atoms with Crippen molar-refractivity contribution in [3.05, 3.63) is 57.2 Å². The highest BCUT2D eigenvalue weighted by Gasteiger charge is 2.34. The van der Waals surface area contributed by atoms with E-state index in [2.05, 4.69) is 34.6 Å². The summed E-state index contributed by atoms with van der Waals surface area (Å²) in [7, 11) is 0. The fraction of sp³-hybridized carbons (Fsp3) is 0.300. The maximum atomic E-state index is 12.5. The second kappa shape index (κ2) is 8.20. The van der Waals surface area contributed by atoms with E-state index in [1.807, 2.05) is 29.6 Å². The van der Waals surface area contributed by atoms with Crippen LogP contribution in [0.5, 0.6) is 0 Å². The van der Waals surface area contributed by atoms with Gasteiger partial charge in [-0.3, -0.25) is 9.59 Å². The van der Waals surface area contributed by atoms with Gasteiger partial charge >= 0.3 is 0 Å². The number of anilines is 2. The second-order valence-corrected chi connectivity index (χ2v) is 8.72. The molecule has 8 heteroatoms. The van der Waals surface area contributed by atoms with Crippen molar-refractivity contribution in [1.29, 1.82) is 0 Å². The zero-order valence-corrected chi connectivity index (χ0v) is 17.1. The molecule has 2 aromatic heterocycles. The normalized spacial score (nSPS) is 16.5. The number of thiophene rings is 1. The Kier molecular flexibility index (Phi) is 5.50. The van der Waals surface area contributed by atoms with Crippen molar-refractivity contribution in [3.63, 3.8) is 0 Å². The number of carbonyl (C=O) groups is 2. The molecule has 0 unspecified atom stereocenters. The van der Waals surface area contributed by atoms with Crippen LogP contribution in [0.2, 0.25) is 0 Å². The molecule has 0 spiro atoms. The van der Waals surface area contributed by atoms with Crippen LogP contribution in [-0.4, -0.2) is 28.6 Å². The third kappa shape index (κ3) is 4.13. The van der Waals surface area contributed by atoms with E-state index < -0.39 is 0 Å². The highest BCUT2D eigenvalue weighted by atomic mass is 32.1. The summed E-state index contributed by atoms with van der Waals surface area (Å²) >= 11 is 2.90. The van der Waals surface area contributed by atoms with E-state index in [1.165, 1.54) is 16.9 Å². The number of hydrogen-bond donors (Lipinski definition) is 1. The molecular formula is C20H20N4O2S2. The lowest BCUT2D eigenvalue weighted by Crippen LogP contribution is -2.24. The molecule has 1 aliphatic heterocycles. The zero-order valence-electron chi connectivity index (χ0n) is 15.4. The van der Waals surface area contributed by atoms with E-state index in [-0.39, 0.29) is 17.7 Å². The van der Waals surface area contributed by atoms with Crippen molar-refractivity contribution in [1.82, 2.24) is 10.2 Å². The molecule has 3 heterocycles. The van der Waals surface area contributed by atoms with E-state index >= 15 is 0 Å². The fourth-order valence-electron chi connectivity index (χ4n) is 3.22. The smallest absolute Gasteiger partial charge is 0.231 e. The van der Waals surface area contributed by atoms with Crippen molar-refractivity contribution in [2.24, 2.45) is 0 Å². The molecule has 144 valence electrons. The molecule has 0 bridgehead atoms. The number of nitrogens with one attached hydrogen (secondary N) is 1. The Morgan fingerprint density at radius 3 is 2.79 bits per heavy atom. The van der Waals surface area contributed by atoms with Crippen LogP contribution in [0.4, 0.5) is 10.8 Å². The molecule has 1 aromatic carbocycles. The fourth-order valence-corrected chi connectivity index (χ4v) is 4.77. The third-order valence-electron chi connectivity index (χ3n) is 4.73. The highest BCUT2D eigenvalue weighted by molar-refractivity contribution is 7.15. The van der Waals surface area contributed by atoms with Crippen LogP contribution in [0, 0.1) is 0 Å². The summed E-state index contributed by atoms with van der Waals surface area (Å²) in [5.41, 5.74) is 2.16. The van der Waals surface area contributed by atoms with Gasteiger partial charge < -0.3 is 10.2 Å². The van der Waals surface area contributed by atoms with Crippen LogP contribution in [-0.2, 0) is 22.4 Å². The largest absolute Gasteiger partial charge is 0.312 e. The number of hydrogen-bond acceptors (Lipinski definition) is 6. The van der Waals surface area contributed by atoms with Gasteiger partial charge in [0.25, 0.3) is 0 Å². The maximum Gasteiger partial charge on any atom is 0.231 e. The first-order valence-corrected chi connectivity index (χ1v) is 10.9. The predicted molar refractivity (Wildman–Crippen MR) is 112 cm³/mol. The molecule has 6 nitrogen and oxygen atoms in total. The molecule has 2 amide bonds. The molecule has 0 saturated carbocycles. The minimum Gasteiger partial charge on any atom is -0.312 e. The van der Waals surface area contributed by atoms with Gasteiger partial charge in [-0.15, -0.1) is 21.5 Å². The van der Waals surface area contributed by atoms with Crippen molar-refractivity contribution < 1.29 is 9.59 Å². The monoisotopic (exact) mass is 412 g/mol. The number of amides is 2. The van der Waals surface area contributed by atoms with Gasteiger partial charge in [-0.1, -0.05) is 36.5 Å². The van der Waals surface area contributed by atoms with Crippen molar-refractivity contribution in [2.45, 2.75) is 32.1 Å². The van der Waals surface area contributed by atoms with E-state index in [9.17, 15) is 9.59 Å². The van der Waals surface area contributed by atoms with Gasteiger partial charge in [-0.2, -0.15) is 0 Å². The molecule has 3 aromatic rings. The van der Waals surface area contributed by atoms with E-state index in [4.69, 9.17) is 0 Å². The predicted octanol–water partition coefficient (Wildman–Crippen LogP) is 3.86. The standard InChI is InChI=1S/C20H20N4O2S2/c1-2-13-5-7-15(8-6-13)24-12-14(10-18(24)26)19-22-23-20(28-19)21-17(25)11-16-4-3-9-27-16/h3-9,14H,2,10-12H2,1H3,(H,21,23,25)/t14-/m0/s1. The Bertz CT molecular complexity index is 967. The summed E-state index contributed by atoms with van der Waals surface area (Å²) in [5.74, 6) is -0.0168. The van der Waals surface area contributed by atoms with Crippen molar-refractivity contribution >= 4 is 45.3 Å². The van der Waals surface area contributed by atoms with Crippen LogP contribution >= 0.6 is 22.7 Å². The Hall–Kier alpha value is -2.58. The summed E-state index contributed by atoms with van der Waals surface area (Å²) in [5, 5.41) is 14.3. The molecule has 0 radical (unpaired) electrons. The maximum absolute atomic E-state index is 12.5. The summed E-state index contributed by atoms with van der Waals surface area (Å²) in [6, 6.07) is 12.0. The van der Waals surface area contributed by atoms with Crippen molar-refractivity contribution in [2.75, 3.05) is 16.8 Å². The lowest BCUT2D eigenvalue weighted by molar-refractivity contribution is -0.117. The molecule has 4 rings (SSSR count). The number of nitrogens with zero attached hydrogens (tertiary/aromatic N) is 3. The summed E-state index contributed by atoms with van der Waals surface area (Å²) in [4.78, 5) is 27.4. The molecule has 0 aliphatic carbocycles. The zero-order chi connectivity index (χ0) is 19.5. The number of aromatic nitrogens is 2. The van der Waals surface area contributed by atoms with E-state index in [0.717, 1.165) is 22.0 Å². The minimum absolute atomic E-state index is 0.00111. The van der Waals surface area contributed by atoms with Gasteiger partial charge in [0, 0.05) is 29.4 Å². The second-order valence-electron chi connectivity index (χ2n) is 6.68. The van der Waals surface area contributed by atoms with Gasteiger partial charge in [0.15, 0.2) is 0 Å². The van der Waals surface area contributed by atoms with E-state index in [0.29, 0.717) is 24.5 Å². The van der Waals surface area contributed by atoms with Crippen LogP contribution < -0.4 is 10.2 Å². The van der Waals surface area contributed by atoms with Crippen molar-refractivity contribution in [3.8, 4) is 0 Å². The van der Waals surface area contributed by atoms with Crippen LogP contribution in [0.15, 0.2) is 41.8 Å². The van der Waals surface area contributed by atoms with Crippen LogP contribution in [0.1, 0.15) is 34.7 Å². The Morgan fingerprint density at radius 2 is 2.07 bits per heavy atom. The summed E-state index contributed by atoms with van der Waals surface area (Å²) < 4.78 is 0. The first-order chi connectivity index (χ1) is 13.6. The molecule has 1 aliphatic rings. The molecule has 28 heavy (non-hydrogen) atoms. The third-order valence-corrected chi connectivity index (χ3v) is 6.61. The van der Waals surface area contributed by atoms with Gasteiger partial charge in [-0.05, 0) is 35.6 Å². The molecule has 1 saturated heterocycles.